The lowest BCUT2D eigenvalue weighted by atomic mass is 9.98. The molecule has 0 amide bonds. The Kier molecular flexibility index (Phi) is 4.24. The van der Waals surface area contributed by atoms with Gasteiger partial charge >= 0.3 is 0 Å². The van der Waals surface area contributed by atoms with Crippen molar-refractivity contribution < 1.29 is 9.13 Å². The molecule has 1 unspecified atom stereocenters. The van der Waals surface area contributed by atoms with Gasteiger partial charge in [0.25, 0.3) is 0 Å². The highest BCUT2D eigenvalue weighted by atomic mass is 79.9. The third-order valence-corrected chi connectivity index (χ3v) is 4.09. The predicted octanol–water partition coefficient (Wildman–Crippen LogP) is 3.68. The molecule has 0 aromatic heterocycles. The van der Waals surface area contributed by atoms with Crippen LogP contribution in [0.3, 0.4) is 0 Å². The molecule has 0 saturated heterocycles. The molecule has 1 saturated carbocycles. The summed E-state index contributed by atoms with van der Waals surface area (Å²) in [7, 11) is 0. The summed E-state index contributed by atoms with van der Waals surface area (Å²) in [6, 6.07) is 12.4. The molecule has 0 spiro atoms. The fourth-order valence-electron chi connectivity index (χ4n) is 2.25. The van der Waals surface area contributed by atoms with Crippen molar-refractivity contribution in [1.29, 1.82) is 0 Å². The molecule has 21 heavy (non-hydrogen) atoms. The highest BCUT2D eigenvalue weighted by Crippen LogP contribution is 2.31. The molecule has 5 heteroatoms. The lowest BCUT2D eigenvalue weighted by Gasteiger charge is -2.19. The first kappa shape index (κ1) is 14.5. The standard InChI is InChI=1S/C16H16BrFN2O/c17-14-6-2-5-13(15(14)18)16(20-19)10-3-1-4-12(9-10)21-11-7-8-11/h1-6,9,11,16,20H,7-8,19H2. The lowest BCUT2D eigenvalue weighted by molar-refractivity contribution is 0.302. The van der Waals surface area contributed by atoms with E-state index in [0.29, 0.717) is 16.1 Å². The average molecular weight is 351 g/mol. The molecule has 1 aliphatic carbocycles. The highest BCUT2D eigenvalue weighted by molar-refractivity contribution is 9.10. The smallest absolute Gasteiger partial charge is 0.142 e. The third kappa shape index (κ3) is 3.26. The number of hydrogen-bond donors (Lipinski definition) is 2. The van der Waals surface area contributed by atoms with Gasteiger partial charge in [0, 0.05) is 5.56 Å². The zero-order chi connectivity index (χ0) is 14.8. The number of rotatable bonds is 5. The van der Waals surface area contributed by atoms with E-state index in [0.717, 1.165) is 24.2 Å². The van der Waals surface area contributed by atoms with Gasteiger partial charge in [-0.05, 0) is 52.5 Å². The molecule has 0 bridgehead atoms. The topological polar surface area (TPSA) is 47.3 Å². The van der Waals surface area contributed by atoms with E-state index in [2.05, 4.69) is 21.4 Å². The molecule has 110 valence electrons. The molecule has 1 fully saturated rings. The molecule has 2 aromatic rings. The molecular formula is C16H16BrFN2O. The second-order valence-corrected chi connectivity index (χ2v) is 5.99. The van der Waals surface area contributed by atoms with Gasteiger partial charge in [-0.25, -0.2) is 9.82 Å². The van der Waals surface area contributed by atoms with Gasteiger partial charge in [0.15, 0.2) is 0 Å². The first-order chi connectivity index (χ1) is 10.2. The Morgan fingerprint density at radius 3 is 2.71 bits per heavy atom. The quantitative estimate of drug-likeness (QED) is 0.638. The molecule has 0 radical (unpaired) electrons. The van der Waals surface area contributed by atoms with Gasteiger partial charge in [0.1, 0.15) is 11.6 Å². The maximum atomic E-state index is 14.3. The maximum Gasteiger partial charge on any atom is 0.142 e. The summed E-state index contributed by atoms with van der Waals surface area (Å²) in [5.74, 6) is 6.13. The van der Waals surface area contributed by atoms with Gasteiger partial charge in [-0.3, -0.25) is 5.84 Å². The van der Waals surface area contributed by atoms with Crippen LogP contribution in [0.5, 0.6) is 5.75 Å². The minimum atomic E-state index is -0.426. The monoisotopic (exact) mass is 350 g/mol. The Bertz CT molecular complexity index is 646. The number of benzene rings is 2. The molecule has 1 aliphatic rings. The Hall–Kier alpha value is -1.43. The van der Waals surface area contributed by atoms with Crippen LogP contribution in [0.25, 0.3) is 0 Å². The summed E-state index contributed by atoms with van der Waals surface area (Å²) in [6.45, 7) is 0. The second-order valence-electron chi connectivity index (χ2n) is 5.13. The summed E-state index contributed by atoms with van der Waals surface area (Å²) in [4.78, 5) is 0. The summed E-state index contributed by atoms with van der Waals surface area (Å²) in [6.07, 6.45) is 2.53. The number of ether oxygens (including phenoxy) is 1. The van der Waals surface area contributed by atoms with E-state index in [1.165, 1.54) is 0 Å². The molecule has 3 nitrogen and oxygen atoms in total. The number of nitrogens with two attached hydrogens (primary N) is 1. The molecule has 3 N–H and O–H groups in total. The number of hydrazine groups is 1. The number of halogens is 2. The van der Waals surface area contributed by atoms with Crippen molar-refractivity contribution in [3.63, 3.8) is 0 Å². The van der Waals surface area contributed by atoms with Crippen molar-refractivity contribution in [2.45, 2.75) is 25.0 Å². The Morgan fingerprint density at radius 1 is 1.24 bits per heavy atom. The van der Waals surface area contributed by atoms with Crippen LogP contribution in [0.15, 0.2) is 46.9 Å². The van der Waals surface area contributed by atoms with E-state index in [1.807, 2.05) is 24.3 Å². The van der Waals surface area contributed by atoms with Gasteiger partial charge in [0.05, 0.1) is 16.6 Å². The summed E-state index contributed by atoms with van der Waals surface area (Å²) in [5.41, 5.74) is 4.05. The van der Waals surface area contributed by atoms with Crippen LogP contribution in [0.1, 0.15) is 30.0 Å². The zero-order valence-electron chi connectivity index (χ0n) is 11.4. The zero-order valence-corrected chi connectivity index (χ0v) is 12.9. The second kappa shape index (κ2) is 6.13. The van der Waals surface area contributed by atoms with E-state index >= 15 is 0 Å². The summed E-state index contributed by atoms with van der Waals surface area (Å²) in [5, 5.41) is 0. The van der Waals surface area contributed by atoms with Crippen LogP contribution in [0, 0.1) is 5.82 Å². The van der Waals surface area contributed by atoms with E-state index in [4.69, 9.17) is 10.6 Å². The highest BCUT2D eigenvalue weighted by Gasteiger charge is 2.24. The maximum absolute atomic E-state index is 14.3. The fourth-order valence-corrected chi connectivity index (χ4v) is 2.64. The molecule has 0 heterocycles. The van der Waals surface area contributed by atoms with E-state index < -0.39 is 6.04 Å². The number of hydrogen-bond acceptors (Lipinski definition) is 3. The minimum Gasteiger partial charge on any atom is -0.490 e. The Labute approximate surface area is 131 Å². The van der Waals surface area contributed by atoms with Crippen LogP contribution in [0.4, 0.5) is 4.39 Å². The van der Waals surface area contributed by atoms with Crippen molar-refractivity contribution >= 4 is 15.9 Å². The fraction of sp³-hybridized carbons (Fsp3) is 0.250. The van der Waals surface area contributed by atoms with Gasteiger partial charge < -0.3 is 4.74 Å². The van der Waals surface area contributed by atoms with Crippen molar-refractivity contribution in [1.82, 2.24) is 5.43 Å². The summed E-state index contributed by atoms with van der Waals surface area (Å²) >= 11 is 3.20. The van der Waals surface area contributed by atoms with Gasteiger partial charge in [-0.2, -0.15) is 0 Å². The van der Waals surface area contributed by atoms with E-state index in [1.54, 1.807) is 18.2 Å². The molecule has 2 aromatic carbocycles. The Morgan fingerprint density at radius 2 is 2.00 bits per heavy atom. The van der Waals surface area contributed by atoms with Gasteiger partial charge in [-0.1, -0.05) is 24.3 Å². The molecule has 0 aliphatic heterocycles. The van der Waals surface area contributed by atoms with Crippen LogP contribution < -0.4 is 16.0 Å². The van der Waals surface area contributed by atoms with Crippen LogP contribution >= 0.6 is 15.9 Å². The van der Waals surface area contributed by atoms with Gasteiger partial charge in [-0.15, -0.1) is 0 Å². The lowest BCUT2D eigenvalue weighted by Crippen LogP contribution is -2.29. The normalized spacial score (nSPS) is 15.8. The van der Waals surface area contributed by atoms with Crippen LogP contribution in [-0.4, -0.2) is 6.10 Å². The first-order valence-electron chi connectivity index (χ1n) is 6.85. The van der Waals surface area contributed by atoms with Crippen molar-refractivity contribution in [3.8, 4) is 5.75 Å². The van der Waals surface area contributed by atoms with E-state index in [9.17, 15) is 4.39 Å². The van der Waals surface area contributed by atoms with Gasteiger partial charge in [0.2, 0.25) is 0 Å². The summed E-state index contributed by atoms with van der Waals surface area (Å²) < 4.78 is 20.5. The SMILES string of the molecule is NNC(c1cccc(OC2CC2)c1)c1cccc(Br)c1F. The molecular weight excluding hydrogens is 335 g/mol. The molecule has 3 rings (SSSR count). The largest absolute Gasteiger partial charge is 0.490 e. The minimum absolute atomic E-state index is 0.311. The van der Waals surface area contributed by atoms with Crippen molar-refractivity contribution in [2.75, 3.05) is 0 Å². The Balaban J connectivity index is 1.93. The third-order valence-electron chi connectivity index (χ3n) is 3.48. The predicted molar refractivity (Wildman–Crippen MR) is 83.4 cm³/mol. The molecule has 1 atom stereocenters. The van der Waals surface area contributed by atoms with Crippen molar-refractivity contribution in [3.05, 3.63) is 63.9 Å². The average Bonchev–Trinajstić information content (AvgIpc) is 3.29. The number of nitrogens with one attached hydrogen (secondary N) is 1. The van der Waals surface area contributed by atoms with Crippen molar-refractivity contribution in [2.24, 2.45) is 5.84 Å². The van der Waals surface area contributed by atoms with E-state index in [-0.39, 0.29) is 5.82 Å². The first-order valence-corrected chi connectivity index (χ1v) is 7.65. The van der Waals surface area contributed by atoms with Crippen LogP contribution in [-0.2, 0) is 0 Å². The van der Waals surface area contributed by atoms with Crippen LogP contribution in [0.2, 0.25) is 0 Å².